The largest absolute Gasteiger partial charge is 0.465 e. The first-order valence-electron chi connectivity index (χ1n) is 5.27. The van der Waals surface area contributed by atoms with Gasteiger partial charge in [-0.3, -0.25) is 4.79 Å². The van der Waals surface area contributed by atoms with Gasteiger partial charge < -0.3 is 9.64 Å². The van der Waals surface area contributed by atoms with Gasteiger partial charge in [-0.2, -0.15) is 5.26 Å². The number of ether oxygens (including phenoxy) is 1. The number of nitrogens with zero attached hydrogens (tertiary/aromatic N) is 2. The van der Waals surface area contributed by atoms with Crippen LogP contribution in [0.1, 0.15) is 31.8 Å². The molecule has 0 radical (unpaired) electrons. The molecule has 1 aromatic carbocycles. The lowest BCUT2D eigenvalue weighted by atomic mass is 9.96. The van der Waals surface area contributed by atoms with Crippen LogP contribution < -0.4 is 0 Å². The molecule has 1 aromatic rings. The van der Waals surface area contributed by atoms with E-state index in [9.17, 15) is 9.59 Å². The molecule has 94 valence electrons. The topological polar surface area (TPSA) is 70.4 Å². The molecule has 18 heavy (non-hydrogen) atoms. The highest BCUT2D eigenvalue weighted by atomic mass is 16.5. The number of hydrogen-bond donors (Lipinski definition) is 0. The summed E-state index contributed by atoms with van der Waals surface area (Å²) < 4.78 is 4.63. The normalized spacial score (nSPS) is 9.50. The standard InChI is InChI=1S/C13H14N2O3/c1-8-5-6-9(13(17)18-4)11(10(8)7-14)12(16)15(2)3/h5-6H,1-4H3. The number of esters is 1. The molecule has 0 saturated carbocycles. The Kier molecular flexibility index (Phi) is 4.05. The number of rotatable bonds is 2. The van der Waals surface area contributed by atoms with Crippen LogP contribution in [0, 0.1) is 18.3 Å². The maximum atomic E-state index is 12.1. The Bertz CT molecular complexity index is 542. The second kappa shape index (κ2) is 5.32. The maximum absolute atomic E-state index is 12.1. The monoisotopic (exact) mass is 246 g/mol. The van der Waals surface area contributed by atoms with Crippen LogP contribution in [0.15, 0.2) is 12.1 Å². The molecule has 1 amide bonds. The number of aryl methyl sites for hydroxylation is 1. The van der Waals surface area contributed by atoms with Crippen molar-refractivity contribution in [1.82, 2.24) is 4.90 Å². The zero-order valence-electron chi connectivity index (χ0n) is 10.8. The van der Waals surface area contributed by atoms with Crippen molar-refractivity contribution in [3.63, 3.8) is 0 Å². The molecule has 0 saturated heterocycles. The Morgan fingerprint density at radius 1 is 1.33 bits per heavy atom. The summed E-state index contributed by atoms with van der Waals surface area (Å²) >= 11 is 0. The first kappa shape index (κ1) is 13.7. The molecular weight excluding hydrogens is 232 g/mol. The highest BCUT2D eigenvalue weighted by Gasteiger charge is 2.24. The number of carbonyl (C=O) groups excluding carboxylic acids is 2. The molecule has 0 spiro atoms. The molecule has 0 heterocycles. The van der Waals surface area contributed by atoms with Crippen LogP contribution in [0.4, 0.5) is 0 Å². The lowest BCUT2D eigenvalue weighted by molar-refractivity contribution is 0.0593. The van der Waals surface area contributed by atoms with Crippen LogP contribution in [0.5, 0.6) is 0 Å². The number of carbonyl (C=O) groups is 2. The van der Waals surface area contributed by atoms with Gasteiger partial charge in [0.2, 0.25) is 0 Å². The molecule has 0 N–H and O–H groups in total. The van der Waals surface area contributed by atoms with Crippen molar-refractivity contribution >= 4 is 11.9 Å². The first-order valence-corrected chi connectivity index (χ1v) is 5.27. The molecular formula is C13H14N2O3. The van der Waals surface area contributed by atoms with Crippen LogP contribution in [-0.4, -0.2) is 38.0 Å². The third-order valence-corrected chi connectivity index (χ3v) is 2.55. The molecule has 0 aliphatic heterocycles. The van der Waals surface area contributed by atoms with E-state index < -0.39 is 11.9 Å². The maximum Gasteiger partial charge on any atom is 0.338 e. The lowest BCUT2D eigenvalue weighted by Gasteiger charge is -2.15. The average Bonchev–Trinajstić information content (AvgIpc) is 2.36. The fourth-order valence-electron chi connectivity index (χ4n) is 1.58. The fraction of sp³-hybridized carbons (Fsp3) is 0.308. The Morgan fingerprint density at radius 2 is 1.94 bits per heavy atom. The minimum atomic E-state index is -0.628. The van der Waals surface area contributed by atoms with Crippen molar-refractivity contribution < 1.29 is 14.3 Å². The van der Waals surface area contributed by atoms with Gasteiger partial charge in [0.25, 0.3) is 5.91 Å². The number of hydrogen-bond acceptors (Lipinski definition) is 4. The molecule has 0 aliphatic carbocycles. The molecule has 5 heteroatoms. The molecule has 0 fully saturated rings. The predicted molar refractivity (Wildman–Crippen MR) is 65.3 cm³/mol. The van der Waals surface area contributed by atoms with Crippen LogP contribution in [0.25, 0.3) is 0 Å². The van der Waals surface area contributed by atoms with Crippen molar-refractivity contribution in [2.75, 3.05) is 21.2 Å². The minimum absolute atomic E-state index is 0.0920. The number of benzene rings is 1. The van der Waals surface area contributed by atoms with Crippen LogP contribution >= 0.6 is 0 Å². The van der Waals surface area contributed by atoms with Gasteiger partial charge in [0.15, 0.2) is 0 Å². The van der Waals surface area contributed by atoms with E-state index in [1.807, 2.05) is 6.07 Å². The van der Waals surface area contributed by atoms with E-state index in [1.165, 1.54) is 18.1 Å². The first-order chi connectivity index (χ1) is 8.43. The van der Waals surface area contributed by atoms with Crippen LogP contribution in [-0.2, 0) is 4.74 Å². The van der Waals surface area contributed by atoms with Gasteiger partial charge in [0.05, 0.1) is 23.8 Å². The summed E-state index contributed by atoms with van der Waals surface area (Å²) in [6.45, 7) is 1.71. The van der Waals surface area contributed by atoms with Crippen molar-refractivity contribution in [2.24, 2.45) is 0 Å². The summed E-state index contributed by atoms with van der Waals surface area (Å²) in [6.07, 6.45) is 0. The SMILES string of the molecule is COC(=O)c1ccc(C)c(C#N)c1C(=O)N(C)C. The zero-order valence-corrected chi connectivity index (χ0v) is 10.8. The van der Waals surface area contributed by atoms with E-state index in [-0.39, 0.29) is 16.7 Å². The van der Waals surface area contributed by atoms with Gasteiger partial charge in [-0.15, -0.1) is 0 Å². The van der Waals surface area contributed by atoms with Gasteiger partial charge >= 0.3 is 5.97 Å². The third-order valence-electron chi connectivity index (χ3n) is 2.55. The molecule has 0 aliphatic rings. The van der Waals surface area contributed by atoms with Crippen LogP contribution in [0.3, 0.4) is 0 Å². The minimum Gasteiger partial charge on any atom is -0.465 e. The van der Waals surface area contributed by atoms with E-state index in [0.29, 0.717) is 5.56 Å². The Balaban J connectivity index is 3.61. The van der Waals surface area contributed by atoms with Crippen LogP contribution in [0.2, 0.25) is 0 Å². The van der Waals surface area contributed by atoms with Gasteiger partial charge in [-0.25, -0.2) is 4.79 Å². The average molecular weight is 246 g/mol. The molecule has 0 bridgehead atoms. The highest BCUT2D eigenvalue weighted by Crippen LogP contribution is 2.20. The summed E-state index contributed by atoms with van der Waals surface area (Å²) in [4.78, 5) is 25.0. The zero-order chi connectivity index (χ0) is 13.9. The van der Waals surface area contributed by atoms with E-state index in [2.05, 4.69) is 4.74 Å². The van der Waals surface area contributed by atoms with Gasteiger partial charge in [-0.1, -0.05) is 6.07 Å². The number of nitriles is 1. The van der Waals surface area contributed by atoms with Crippen molar-refractivity contribution in [3.05, 3.63) is 34.4 Å². The summed E-state index contributed by atoms with van der Waals surface area (Å²) in [5.74, 6) is -1.02. The molecule has 0 unspecified atom stereocenters. The summed E-state index contributed by atoms with van der Waals surface area (Å²) in [5.41, 5.74) is 1.06. The van der Waals surface area contributed by atoms with E-state index in [0.717, 1.165) is 0 Å². The smallest absolute Gasteiger partial charge is 0.338 e. The quantitative estimate of drug-likeness (QED) is 0.738. The number of methoxy groups -OCH3 is 1. The Morgan fingerprint density at radius 3 is 2.39 bits per heavy atom. The summed E-state index contributed by atoms with van der Waals surface area (Å²) in [6, 6.07) is 5.08. The summed E-state index contributed by atoms with van der Waals surface area (Å²) in [5, 5.41) is 9.14. The molecule has 0 aromatic heterocycles. The predicted octanol–water partition coefficient (Wildman–Crippen LogP) is 1.36. The van der Waals surface area contributed by atoms with Crippen molar-refractivity contribution in [1.29, 1.82) is 5.26 Å². The van der Waals surface area contributed by atoms with Crippen molar-refractivity contribution in [3.8, 4) is 6.07 Å². The van der Waals surface area contributed by atoms with E-state index in [4.69, 9.17) is 5.26 Å². The van der Waals surface area contributed by atoms with E-state index in [1.54, 1.807) is 27.1 Å². The third kappa shape index (κ3) is 2.33. The second-order valence-electron chi connectivity index (χ2n) is 3.98. The molecule has 0 atom stereocenters. The Hall–Kier alpha value is -2.35. The van der Waals surface area contributed by atoms with E-state index >= 15 is 0 Å². The van der Waals surface area contributed by atoms with Gasteiger partial charge in [0, 0.05) is 14.1 Å². The molecule has 1 rings (SSSR count). The molecule has 5 nitrogen and oxygen atoms in total. The highest BCUT2D eigenvalue weighted by molar-refractivity contribution is 6.07. The lowest BCUT2D eigenvalue weighted by Crippen LogP contribution is -2.26. The number of amides is 1. The summed E-state index contributed by atoms with van der Waals surface area (Å²) in [7, 11) is 4.36. The second-order valence-corrected chi connectivity index (χ2v) is 3.98. The van der Waals surface area contributed by atoms with Crippen molar-refractivity contribution in [2.45, 2.75) is 6.92 Å². The van der Waals surface area contributed by atoms with Gasteiger partial charge in [0.1, 0.15) is 6.07 Å². The Labute approximate surface area is 106 Å². The van der Waals surface area contributed by atoms with Gasteiger partial charge in [-0.05, 0) is 18.6 Å². The fourth-order valence-corrected chi connectivity index (χ4v) is 1.58.